The van der Waals surface area contributed by atoms with Crippen molar-refractivity contribution >= 4 is 29.7 Å². The molecule has 0 bridgehead atoms. The van der Waals surface area contributed by atoms with Crippen molar-refractivity contribution in [2.24, 2.45) is 0 Å². The van der Waals surface area contributed by atoms with Crippen LogP contribution in [0.15, 0.2) is 16.8 Å². The van der Waals surface area contributed by atoms with E-state index in [9.17, 15) is 4.79 Å². The fourth-order valence-corrected chi connectivity index (χ4v) is 2.25. The molecule has 1 saturated carbocycles. The lowest BCUT2D eigenvalue weighted by molar-refractivity contribution is -0.121. The molecular weight excluding hydrogens is 256 g/mol. The van der Waals surface area contributed by atoms with Gasteiger partial charge >= 0.3 is 0 Å². The molecule has 1 fully saturated rings. The van der Waals surface area contributed by atoms with E-state index in [4.69, 9.17) is 0 Å². The van der Waals surface area contributed by atoms with E-state index in [0.717, 1.165) is 25.6 Å². The Morgan fingerprint density at radius 2 is 2.24 bits per heavy atom. The van der Waals surface area contributed by atoms with Crippen molar-refractivity contribution in [1.29, 1.82) is 0 Å². The minimum atomic E-state index is 0. The molecule has 1 aliphatic carbocycles. The summed E-state index contributed by atoms with van der Waals surface area (Å²) in [6.45, 7) is 1.65. The van der Waals surface area contributed by atoms with Gasteiger partial charge < -0.3 is 10.6 Å². The Morgan fingerprint density at radius 3 is 2.88 bits per heavy atom. The average Bonchev–Trinajstić information content (AvgIpc) is 2.96. The van der Waals surface area contributed by atoms with Gasteiger partial charge in [-0.05, 0) is 41.7 Å². The molecule has 2 N–H and O–H groups in total. The van der Waals surface area contributed by atoms with Crippen LogP contribution in [0.3, 0.4) is 0 Å². The van der Waals surface area contributed by atoms with Crippen molar-refractivity contribution in [1.82, 2.24) is 10.6 Å². The molecule has 1 heterocycles. The van der Waals surface area contributed by atoms with Crippen LogP contribution in [-0.2, 0) is 11.2 Å². The molecule has 0 spiro atoms. The van der Waals surface area contributed by atoms with E-state index >= 15 is 0 Å². The van der Waals surface area contributed by atoms with Gasteiger partial charge in [0.15, 0.2) is 0 Å². The van der Waals surface area contributed by atoms with Gasteiger partial charge in [-0.2, -0.15) is 11.3 Å². The second-order valence-corrected chi connectivity index (χ2v) is 4.99. The number of hydrogen-bond acceptors (Lipinski definition) is 3. The maximum absolute atomic E-state index is 11.5. The fourth-order valence-electron chi connectivity index (χ4n) is 1.55. The normalized spacial score (nSPS) is 14.1. The predicted octanol–water partition coefficient (Wildman–Crippen LogP) is 1.97. The van der Waals surface area contributed by atoms with E-state index in [1.54, 1.807) is 11.3 Å². The zero-order chi connectivity index (χ0) is 11.2. The van der Waals surface area contributed by atoms with Crippen molar-refractivity contribution in [3.05, 3.63) is 22.4 Å². The van der Waals surface area contributed by atoms with Crippen LogP contribution in [0.4, 0.5) is 0 Å². The van der Waals surface area contributed by atoms with Crippen molar-refractivity contribution in [3.63, 3.8) is 0 Å². The molecule has 0 saturated heterocycles. The van der Waals surface area contributed by atoms with Gasteiger partial charge in [0.25, 0.3) is 0 Å². The molecule has 3 nitrogen and oxygen atoms in total. The average molecular weight is 275 g/mol. The Bertz CT molecular complexity index is 325. The van der Waals surface area contributed by atoms with E-state index in [0.29, 0.717) is 6.42 Å². The van der Waals surface area contributed by atoms with Crippen molar-refractivity contribution in [2.45, 2.75) is 31.7 Å². The minimum Gasteiger partial charge on any atom is -0.355 e. The van der Waals surface area contributed by atoms with E-state index in [1.807, 2.05) is 5.38 Å². The second kappa shape index (κ2) is 7.69. The zero-order valence-electron chi connectivity index (χ0n) is 9.78. The van der Waals surface area contributed by atoms with Gasteiger partial charge in [0.1, 0.15) is 0 Å². The third-order valence-corrected chi connectivity index (χ3v) is 3.41. The first kappa shape index (κ1) is 14.5. The zero-order valence-corrected chi connectivity index (χ0v) is 11.4. The third-order valence-electron chi connectivity index (χ3n) is 2.68. The minimum absolute atomic E-state index is 0. The van der Waals surface area contributed by atoms with E-state index in [-0.39, 0.29) is 18.3 Å². The summed E-state index contributed by atoms with van der Waals surface area (Å²) in [5, 5.41) is 10.4. The first-order valence-corrected chi connectivity index (χ1v) is 6.80. The van der Waals surface area contributed by atoms with Crippen molar-refractivity contribution < 1.29 is 4.79 Å². The van der Waals surface area contributed by atoms with Crippen LogP contribution in [-0.4, -0.2) is 25.0 Å². The highest BCUT2D eigenvalue weighted by atomic mass is 35.5. The molecule has 1 aromatic rings. The molecule has 5 heteroatoms. The molecule has 1 aromatic heterocycles. The number of carbonyl (C=O) groups is 1. The molecular formula is C12H19ClN2OS. The number of aryl methyl sites for hydroxylation is 1. The van der Waals surface area contributed by atoms with E-state index < -0.39 is 0 Å². The molecule has 17 heavy (non-hydrogen) atoms. The van der Waals surface area contributed by atoms with E-state index in [2.05, 4.69) is 22.1 Å². The molecule has 0 aliphatic heterocycles. The summed E-state index contributed by atoms with van der Waals surface area (Å²) >= 11 is 1.68. The number of nitrogens with one attached hydrogen (secondary N) is 2. The molecule has 0 unspecified atom stereocenters. The van der Waals surface area contributed by atoms with Gasteiger partial charge in [-0.25, -0.2) is 0 Å². The number of rotatable bonds is 7. The monoisotopic (exact) mass is 274 g/mol. The summed E-state index contributed by atoms with van der Waals surface area (Å²) < 4.78 is 0. The Balaban J connectivity index is 0.00000144. The number of halogens is 1. The number of thiophene rings is 1. The molecule has 0 aromatic carbocycles. The first-order valence-electron chi connectivity index (χ1n) is 5.86. The van der Waals surface area contributed by atoms with Gasteiger partial charge in [0.05, 0.1) is 0 Å². The van der Waals surface area contributed by atoms with Crippen LogP contribution in [0.5, 0.6) is 0 Å². The maximum atomic E-state index is 11.5. The Morgan fingerprint density at radius 1 is 1.41 bits per heavy atom. The predicted molar refractivity (Wildman–Crippen MR) is 73.9 cm³/mol. The van der Waals surface area contributed by atoms with Crippen molar-refractivity contribution in [2.75, 3.05) is 13.1 Å². The summed E-state index contributed by atoms with van der Waals surface area (Å²) in [7, 11) is 0. The van der Waals surface area contributed by atoms with Crippen LogP contribution >= 0.6 is 23.7 Å². The molecule has 0 radical (unpaired) electrons. The Kier molecular flexibility index (Phi) is 6.55. The largest absolute Gasteiger partial charge is 0.355 e. The van der Waals surface area contributed by atoms with Crippen LogP contribution in [0.1, 0.15) is 24.8 Å². The first-order chi connectivity index (χ1) is 7.84. The molecule has 1 aliphatic rings. The van der Waals surface area contributed by atoms with Gasteiger partial charge in [0.2, 0.25) is 5.91 Å². The second-order valence-electron chi connectivity index (χ2n) is 4.21. The Hall–Kier alpha value is -0.580. The van der Waals surface area contributed by atoms with Crippen molar-refractivity contribution in [3.8, 4) is 0 Å². The number of hydrogen-bond donors (Lipinski definition) is 2. The van der Waals surface area contributed by atoms with Gasteiger partial charge in [-0.3, -0.25) is 4.79 Å². The molecule has 0 atom stereocenters. The SMILES string of the molecule is Cl.O=C(CCc1ccsc1)NCCNC1CC1. The van der Waals surface area contributed by atoms with Crippen LogP contribution < -0.4 is 10.6 Å². The number of amides is 1. The van der Waals surface area contributed by atoms with Gasteiger partial charge in [-0.15, -0.1) is 12.4 Å². The topological polar surface area (TPSA) is 41.1 Å². The van der Waals surface area contributed by atoms with Gasteiger partial charge in [0, 0.05) is 25.6 Å². The molecule has 2 rings (SSSR count). The Labute approximate surface area is 112 Å². The summed E-state index contributed by atoms with van der Waals surface area (Å²) in [5.41, 5.74) is 1.26. The standard InChI is InChI=1S/C12H18N2OS.ClH/c15-12(4-1-10-5-8-16-9-10)14-7-6-13-11-2-3-11;/h5,8-9,11,13H,1-4,6-7H2,(H,14,15);1H. The lowest BCUT2D eigenvalue weighted by atomic mass is 10.2. The summed E-state index contributed by atoms with van der Waals surface area (Å²) in [6.07, 6.45) is 4.05. The smallest absolute Gasteiger partial charge is 0.220 e. The lowest BCUT2D eigenvalue weighted by Gasteiger charge is -2.05. The molecule has 96 valence electrons. The summed E-state index contributed by atoms with van der Waals surface area (Å²) in [4.78, 5) is 11.5. The molecule has 1 amide bonds. The van der Waals surface area contributed by atoms with Gasteiger partial charge in [-0.1, -0.05) is 0 Å². The van der Waals surface area contributed by atoms with Crippen LogP contribution in [0.25, 0.3) is 0 Å². The van der Waals surface area contributed by atoms with E-state index in [1.165, 1.54) is 18.4 Å². The highest BCUT2D eigenvalue weighted by molar-refractivity contribution is 7.07. The van der Waals surface area contributed by atoms with Crippen LogP contribution in [0.2, 0.25) is 0 Å². The maximum Gasteiger partial charge on any atom is 0.220 e. The van der Waals surface area contributed by atoms with Crippen LogP contribution in [0, 0.1) is 0 Å². The lowest BCUT2D eigenvalue weighted by Crippen LogP contribution is -2.32. The highest BCUT2D eigenvalue weighted by Gasteiger charge is 2.19. The highest BCUT2D eigenvalue weighted by Crippen LogP contribution is 2.17. The fraction of sp³-hybridized carbons (Fsp3) is 0.583. The summed E-state index contributed by atoms with van der Waals surface area (Å²) in [6, 6.07) is 2.80. The third kappa shape index (κ3) is 6.05. The summed E-state index contributed by atoms with van der Waals surface area (Å²) in [5.74, 6) is 0.156. The quantitative estimate of drug-likeness (QED) is 0.747. The number of carbonyl (C=O) groups excluding carboxylic acids is 1.